The summed E-state index contributed by atoms with van der Waals surface area (Å²) in [6, 6.07) is 4.28. The van der Waals surface area contributed by atoms with E-state index in [2.05, 4.69) is 0 Å². The number of benzene rings is 1. The lowest BCUT2D eigenvalue weighted by atomic mass is 9.96. The summed E-state index contributed by atoms with van der Waals surface area (Å²) in [5.41, 5.74) is -0.101. The maximum atomic E-state index is 13.9. The second-order valence-electron chi connectivity index (χ2n) is 4.29. The standard InChI is InChI=1S/C12H13FO4S/c1-17-10-4-2-3-9(11(10)13)12(14)8-5-6-18(15,16)7-8/h2-4,8H,5-7H2,1H3. The van der Waals surface area contributed by atoms with Gasteiger partial charge >= 0.3 is 0 Å². The van der Waals surface area contributed by atoms with E-state index in [9.17, 15) is 17.6 Å². The molecule has 1 unspecified atom stereocenters. The number of carbonyl (C=O) groups excluding carboxylic acids is 1. The third kappa shape index (κ3) is 2.38. The van der Waals surface area contributed by atoms with Gasteiger partial charge in [-0.3, -0.25) is 4.79 Å². The summed E-state index contributed by atoms with van der Waals surface area (Å²) in [5.74, 6) is -2.04. The lowest BCUT2D eigenvalue weighted by Gasteiger charge is -2.09. The Bertz CT molecular complexity index is 580. The molecular weight excluding hydrogens is 259 g/mol. The van der Waals surface area contributed by atoms with Gasteiger partial charge in [-0.25, -0.2) is 12.8 Å². The molecule has 0 amide bonds. The first kappa shape index (κ1) is 13.0. The predicted octanol–water partition coefficient (Wildman–Crippen LogP) is 1.45. The molecule has 0 radical (unpaired) electrons. The summed E-state index contributed by atoms with van der Waals surface area (Å²) in [7, 11) is -1.84. The van der Waals surface area contributed by atoms with Crippen LogP contribution in [-0.4, -0.2) is 32.8 Å². The lowest BCUT2D eigenvalue weighted by Crippen LogP contribution is -2.17. The van der Waals surface area contributed by atoms with Crippen LogP contribution < -0.4 is 4.74 Å². The van der Waals surface area contributed by atoms with Gasteiger partial charge in [0.05, 0.1) is 24.2 Å². The third-order valence-corrected chi connectivity index (χ3v) is 4.82. The molecule has 1 aromatic carbocycles. The van der Waals surface area contributed by atoms with Gasteiger partial charge in [-0.05, 0) is 18.6 Å². The molecule has 0 saturated carbocycles. The zero-order valence-corrected chi connectivity index (χ0v) is 10.7. The molecule has 1 aliphatic rings. The van der Waals surface area contributed by atoms with E-state index in [1.54, 1.807) is 0 Å². The highest BCUT2D eigenvalue weighted by atomic mass is 32.2. The Kier molecular flexibility index (Phi) is 3.38. The number of rotatable bonds is 3. The molecule has 98 valence electrons. The first-order chi connectivity index (χ1) is 8.44. The number of halogens is 1. The van der Waals surface area contributed by atoms with Crippen molar-refractivity contribution in [2.24, 2.45) is 5.92 Å². The molecule has 0 aliphatic carbocycles. The Morgan fingerprint density at radius 2 is 2.17 bits per heavy atom. The van der Waals surface area contributed by atoms with Gasteiger partial charge in [0.1, 0.15) is 0 Å². The minimum absolute atomic E-state index is 0.00497. The molecule has 0 bridgehead atoms. The molecule has 2 rings (SSSR count). The average Bonchev–Trinajstić information content (AvgIpc) is 2.69. The highest BCUT2D eigenvalue weighted by Gasteiger charge is 2.34. The van der Waals surface area contributed by atoms with Crippen LogP contribution in [0.5, 0.6) is 5.75 Å². The van der Waals surface area contributed by atoms with Crippen molar-refractivity contribution in [2.75, 3.05) is 18.6 Å². The van der Waals surface area contributed by atoms with Crippen LogP contribution in [0, 0.1) is 11.7 Å². The summed E-state index contributed by atoms with van der Waals surface area (Å²) >= 11 is 0. The molecule has 1 atom stereocenters. The Hall–Kier alpha value is -1.43. The second-order valence-corrected chi connectivity index (χ2v) is 6.51. The van der Waals surface area contributed by atoms with Gasteiger partial charge in [-0.15, -0.1) is 0 Å². The second kappa shape index (κ2) is 4.68. The summed E-state index contributed by atoms with van der Waals surface area (Å²) in [4.78, 5) is 12.1. The van der Waals surface area contributed by atoms with E-state index in [0.29, 0.717) is 0 Å². The molecule has 1 aliphatic heterocycles. The van der Waals surface area contributed by atoms with Crippen molar-refractivity contribution in [2.45, 2.75) is 6.42 Å². The van der Waals surface area contributed by atoms with Gasteiger partial charge in [0.2, 0.25) is 0 Å². The van der Waals surface area contributed by atoms with Crippen molar-refractivity contribution < 1.29 is 22.3 Å². The number of ketones is 1. The van der Waals surface area contributed by atoms with Crippen molar-refractivity contribution in [3.05, 3.63) is 29.6 Å². The number of sulfone groups is 1. The van der Waals surface area contributed by atoms with Gasteiger partial charge < -0.3 is 4.74 Å². The van der Waals surface area contributed by atoms with Gasteiger partial charge in [0.15, 0.2) is 27.2 Å². The van der Waals surface area contributed by atoms with Crippen LogP contribution in [0.1, 0.15) is 16.8 Å². The summed E-state index contributed by atoms with van der Waals surface area (Å²) in [6.45, 7) is 0. The Morgan fingerprint density at radius 1 is 1.44 bits per heavy atom. The molecule has 18 heavy (non-hydrogen) atoms. The van der Waals surface area contributed by atoms with Crippen LogP contribution in [0.15, 0.2) is 18.2 Å². The number of hydrogen-bond acceptors (Lipinski definition) is 4. The SMILES string of the molecule is COc1cccc(C(=O)C2CCS(=O)(=O)C2)c1F. The number of Topliss-reactive ketones (excluding diaryl/α,β-unsaturated/α-hetero) is 1. The molecule has 1 aromatic rings. The summed E-state index contributed by atoms with van der Waals surface area (Å²) in [6.07, 6.45) is 0.262. The Morgan fingerprint density at radius 3 is 2.72 bits per heavy atom. The third-order valence-electron chi connectivity index (χ3n) is 3.05. The topological polar surface area (TPSA) is 60.4 Å². The quantitative estimate of drug-likeness (QED) is 0.781. The van der Waals surface area contributed by atoms with Crippen molar-refractivity contribution in [3.63, 3.8) is 0 Å². The van der Waals surface area contributed by atoms with Gasteiger partial charge in [0.25, 0.3) is 0 Å². The summed E-state index contributed by atoms with van der Waals surface area (Å²) in [5, 5.41) is 0. The smallest absolute Gasteiger partial charge is 0.175 e. The van der Waals surface area contributed by atoms with Crippen molar-refractivity contribution in [1.29, 1.82) is 0 Å². The zero-order chi connectivity index (χ0) is 13.3. The minimum atomic E-state index is -3.15. The normalized spacial score (nSPS) is 21.8. The maximum absolute atomic E-state index is 13.9. The fourth-order valence-electron chi connectivity index (χ4n) is 2.08. The molecule has 4 nitrogen and oxygen atoms in total. The largest absolute Gasteiger partial charge is 0.494 e. The van der Waals surface area contributed by atoms with Crippen molar-refractivity contribution >= 4 is 15.6 Å². The van der Waals surface area contributed by atoms with Crippen LogP contribution in [0.2, 0.25) is 0 Å². The highest BCUT2D eigenvalue weighted by molar-refractivity contribution is 7.91. The molecule has 0 N–H and O–H groups in total. The van der Waals surface area contributed by atoms with Crippen LogP contribution in [0.3, 0.4) is 0 Å². The van der Waals surface area contributed by atoms with E-state index in [1.165, 1.54) is 25.3 Å². The first-order valence-corrected chi connectivity index (χ1v) is 7.34. The van der Waals surface area contributed by atoms with Crippen molar-refractivity contribution in [1.82, 2.24) is 0 Å². The van der Waals surface area contributed by atoms with Gasteiger partial charge in [0, 0.05) is 5.92 Å². The Labute approximate surface area is 105 Å². The van der Waals surface area contributed by atoms with E-state index >= 15 is 0 Å². The number of methoxy groups -OCH3 is 1. The van der Waals surface area contributed by atoms with E-state index in [-0.39, 0.29) is 29.2 Å². The first-order valence-electron chi connectivity index (χ1n) is 5.52. The molecule has 0 spiro atoms. The van der Waals surface area contributed by atoms with Crippen molar-refractivity contribution in [3.8, 4) is 5.75 Å². The highest BCUT2D eigenvalue weighted by Crippen LogP contribution is 2.27. The Balaban J connectivity index is 2.30. The molecule has 0 aromatic heterocycles. The maximum Gasteiger partial charge on any atom is 0.175 e. The van der Waals surface area contributed by atoms with Crippen LogP contribution in [0.4, 0.5) is 4.39 Å². The van der Waals surface area contributed by atoms with E-state index in [4.69, 9.17) is 4.74 Å². The van der Waals surface area contributed by atoms with E-state index in [1.807, 2.05) is 0 Å². The average molecular weight is 272 g/mol. The van der Waals surface area contributed by atoms with Gasteiger partial charge in [-0.2, -0.15) is 0 Å². The van der Waals surface area contributed by atoms with Crippen LogP contribution >= 0.6 is 0 Å². The number of carbonyl (C=O) groups is 1. The monoisotopic (exact) mass is 272 g/mol. The minimum Gasteiger partial charge on any atom is -0.494 e. The fraction of sp³-hybridized carbons (Fsp3) is 0.417. The number of ether oxygens (including phenoxy) is 1. The molecule has 1 heterocycles. The molecule has 6 heteroatoms. The molecule has 1 saturated heterocycles. The van der Waals surface area contributed by atoms with Crippen LogP contribution in [-0.2, 0) is 9.84 Å². The predicted molar refractivity (Wildman–Crippen MR) is 64.0 cm³/mol. The van der Waals surface area contributed by atoms with Gasteiger partial charge in [-0.1, -0.05) is 6.07 Å². The lowest BCUT2D eigenvalue weighted by molar-refractivity contribution is 0.0928. The fourth-order valence-corrected chi connectivity index (χ4v) is 3.82. The van der Waals surface area contributed by atoms with Crippen LogP contribution in [0.25, 0.3) is 0 Å². The van der Waals surface area contributed by atoms with E-state index in [0.717, 1.165) is 0 Å². The molecule has 1 fully saturated rings. The molecular formula is C12H13FO4S. The number of hydrogen-bond donors (Lipinski definition) is 0. The summed E-state index contributed by atoms with van der Waals surface area (Å²) < 4.78 is 41.3. The van der Waals surface area contributed by atoms with E-state index < -0.39 is 27.4 Å². The zero-order valence-electron chi connectivity index (χ0n) is 9.85.